The molecule has 0 bridgehead atoms. The highest BCUT2D eigenvalue weighted by molar-refractivity contribution is 6.04. The molecule has 0 radical (unpaired) electrons. The molecular formula is C18H17NO2. The van der Waals surface area contributed by atoms with Gasteiger partial charge in [0.25, 0.3) is 0 Å². The first kappa shape index (κ1) is 13.4. The van der Waals surface area contributed by atoms with E-state index in [9.17, 15) is 4.79 Å². The fraction of sp³-hybridized carbons (Fsp3) is 0.167. The Bertz CT molecular complexity index is 649. The Morgan fingerprint density at radius 2 is 1.76 bits per heavy atom. The number of β-lactam (4-membered cyclic amide) rings is 1. The maximum atomic E-state index is 12.4. The van der Waals surface area contributed by atoms with Crippen LogP contribution in [0, 0.1) is 5.92 Å². The Balaban J connectivity index is 1.95. The zero-order valence-corrected chi connectivity index (χ0v) is 11.9. The number of rotatable bonds is 4. The van der Waals surface area contributed by atoms with Crippen molar-refractivity contribution in [1.29, 1.82) is 0 Å². The van der Waals surface area contributed by atoms with Gasteiger partial charge in [-0.15, -0.1) is 6.58 Å². The van der Waals surface area contributed by atoms with Gasteiger partial charge in [-0.2, -0.15) is 0 Å². The Labute approximate surface area is 124 Å². The lowest BCUT2D eigenvalue weighted by Gasteiger charge is -2.46. The van der Waals surface area contributed by atoms with Gasteiger partial charge < -0.3 is 9.64 Å². The second-order valence-electron chi connectivity index (χ2n) is 5.02. The number of benzene rings is 2. The van der Waals surface area contributed by atoms with Gasteiger partial charge in [0.1, 0.15) is 5.75 Å². The van der Waals surface area contributed by atoms with E-state index >= 15 is 0 Å². The maximum Gasteiger partial charge on any atom is 0.236 e. The third-order valence-electron chi connectivity index (χ3n) is 3.89. The Morgan fingerprint density at radius 1 is 1.10 bits per heavy atom. The van der Waals surface area contributed by atoms with Crippen molar-refractivity contribution in [1.82, 2.24) is 0 Å². The predicted molar refractivity (Wildman–Crippen MR) is 83.4 cm³/mol. The molecule has 21 heavy (non-hydrogen) atoms. The highest BCUT2D eigenvalue weighted by Crippen LogP contribution is 2.44. The Kier molecular flexibility index (Phi) is 3.48. The van der Waals surface area contributed by atoms with Gasteiger partial charge in [-0.1, -0.05) is 36.4 Å². The molecule has 3 heteroatoms. The molecule has 0 aliphatic carbocycles. The van der Waals surface area contributed by atoms with Gasteiger partial charge in [-0.05, 0) is 29.8 Å². The summed E-state index contributed by atoms with van der Waals surface area (Å²) in [6.07, 6.45) is 1.74. The number of carbonyl (C=O) groups is 1. The summed E-state index contributed by atoms with van der Waals surface area (Å²) in [4.78, 5) is 14.2. The summed E-state index contributed by atoms with van der Waals surface area (Å²) in [5, 5.41) is 0. The zero-order chi connectivity index (χ0) is 14.8. The molecule has 1 heterocycles. The molecule has 1 fully saturated rings. The van der Waals surface area contributed by atoms with Crippen LogP contribution in [0.15, 0.2) is 67.3 Å². The first-order chi connectivity index (χ1) is 10.3. The topological polar surface area (TPSA) is 29.5 Å². The highest BCUT2D eigenvalue weighted by Gasteiger charge is 2.46. The second-order valence-corrected chi connectivity index (χ2v) is 5.02. The minimum absolute atomic E-state index is 0.0181. The second kappa shape index (κ2) is 5.44. The van der Waals surface area contributed by atoms with Crippen LogP contribution in [0.3, 0.4) is 0 Å². The molecule has 1 amide bonds. The van der Waals surface area contributed by atoms with Crippen molar-refractivity contribution in [3.05, 3.63) is 72.8 Å². The van der Waals surface area contributed by atoms with Crippen molar-refractivity contribution in [3.8, 4) is 5.75 Å². The van der Waals surface area contributed by atoms with E-state index in [4.69, 9.17) is 4.74 Å². The summed E-state index contributed by atoms with van der Waals surface area (Å²) >= 11 is 0. The fourth-order valence-electron chi connectivity index (χ4n) is 2.78. The van der Waals surface area contributed by atoms with E-state index in [0.717, 1.165) is 17.0 Å². The molecule has 3 nitrogen and oxygen atoms in total. The average Bonchev–Trinajstić information content (AvgIpc) is 2.54. The summed E-state index contributed by atoms with van der Waals surface area (Å²) in [6, 6.07) is 17.6. The van der Waals surface area contributed by atoms with Gasteiger partial charge in [0.05, 0.1) is 19.1 Å². The van der Waals surface area contributed by atoms with E-state index < -0.39 is 0 Å². The smallest absolute Gasteiger partial charge is 0.236 e. The van der Waals surface area contributed by atoms with Crippen molar-refractivity contribution < 1.29 is 9.53 Å². The average molecular weight is 279 g/mol. The normalized spacial score (nSPS) is 20.8. The van der Waals surface area contributed by atoms with E-state index in [2.05, 4.69) is 6.58 Å². The molecule has 0 N–H and O–H groups in total. The molecule has 0 aromatic heterocycles. The SMILES string of the molecule is C=C[C@H]1C(=O)N(c2ccc(OC)cc2)[C@@H]1c1ccccc1. The molecule has 106 valence electrons. The van der Waals surface area contributed by atoms with Crippen LogP contribution < -0.4 is 9.64 Å². The summed E-state index contributed by atoms with van der Waals surface area (Å²) < 4.78 is 5.16. The number of methoxy groups -OCH3 is 1. The van der Waals surface area contributed by atoms with E-state index in [0.29, 0.717) is 0 Å². The molecule has 0 saturated carbocycles. The quantitative estimate of drug-likeness (QED) is 0.632. The third-order valence-corrected chi connectivity index (χ3v) is 3.89. The number of anilines is 1. The minimum atomic E-state index is -0.158. The van der Waals surface area contributed by atoms with Crippen molar-refractivity contribution in [2.45, 2.75) is 6.04 Å². The summed E-state index contributed by atoms with van der Waals surface area (Å²) in [7, 11) is 1.63. The van der Waals surface area contributed by atoms with E-state index in [-0.39, 0.29) is 17.9 Å². The van der Waals surface area contributed by atoms with Gasteiger partial charge in [0.2, 0.25) is 5.91 Å². The summed E-state index contributed by atoms with van der Waals surface area (Å²) in [5.41, 5.74) is 2.01. The maximum absolute atomic E-state index is 12.4. The number of hydrogen-bond donors (Lipinski definition) is 0. The van der Waals surface area contributed by atoms with Crippen LogP contribution in [0.5, 0.6) is 5.75 Å². The number of amides is 1. The standard InChI is InChI=1S/C18H17NO2/c1-3-16-17(13-7-5-4-6-8-13)19(18(16)20)14-9-11-15(21-2)12-10-14/h3-12,16-17H,1H2,2H3/t16-,17-/m1/s1. The van der Waals surface area contributed by atoms with Crippen LogP contribution in [0.4, 0.5) is 5.69 Å². The van der Waals surface area contributed by atoms with Crippen molar-refractivity contribution in [3.63, 3.8) is 0 Å². The van der Waals surface area contributed by atoms with Gasteiger partial charge >= 0.3 is 0 Å². The van der Waals surface area contributed by atoms with Crippen LogP contribution in [0.2, 0.25) is 0 Å². The van der Waals surface area contributed by atoms with Gasteiger partial charge in [0, 0.05) is 5.69 Å². The van der Waals surface area contributed by atoms with Gasteiger partial charge in [-0.25, -0.2) is 0 Å². The summed E-state index contributed by atoms with van der Waals surface area (Å²) in [6.45, 7) is 3.80. The van der Waals surface area contributed by atoms with Gasteiger partial charge in [0.15, 0.2) is 0 Å². The largest absolute Gasteiger partial charge is 0.497 e. The van der Waals surface area contributed by atoms with Crippen LogP contribution in [0.1, 0.15) is 11.6 Å². The predicted octanol–water partition coefficient (Wildman–Crippen LogP) is 3.59. The molecule has 1 aliphatic heterocycles. The van der Waals surface area contributed by atoms with Crippen LogP contribution >= 0.6 is 0 Å². The molecule has 0 spiro atoms. The van der Waals surface area contributed by atoms with Crippen LogP contribution in [-0.2, 0) is 4.79 Å². The lowest BCUT2D eigenvalue weighted by Crippen LogP contribution is -2.54. The lowest BCUT2D eigenvalue weighted by atomic mass is 9.82. The number of nitrogens with zero attached hydrogens (tertiary/aromatic N) is 1. The van der Waals surface area contributed by atoms with E-state index in [1.54, 1.807) is 13.2 Å². The third kappa shape index (κ3) is 2.21. The molecule has 1 aliphatic rings. The molecule has 2 atom stereocenters. The van der Waals surface area contributed by atoms with Crippen molar-refractivity contribution in [2.75, 3.05) is 12.0 Å². The van der Waals surface area contributed by atoms with Crippen molar-refractivity contribution >= 4 is 11.6 Å². The minimum Gasteiger partial charge on any atom is -0.497 e. The highest BCUT2D eigenvalue weighted by atomic mass is 16.5. The monoisotopic (exact) mass is 279 g/mol. The molecular weight excluding hydrogens is 262 g/mol. The number of carbonyl (C=O) groups excluding carboxylic acids is 1. The first-order valence-corrected chi connectivity index (χ1v) is 6.91. The van der Waals surface area contributed by atoms with Crippen LogP contribution in [-0.4, -0.2) is 13.0 Å². The number of hydrogen-bond acceptors (Lipinski definition) is 2. The van der Waals surface area contributed by atoms with Crippen molar-refractivity contribution in [2.24, 2.45) is 5.92 Å². The Morgan fingerprint density at radius 3 is 2.33 bits per heavy atom. The molecule has 2 aromatic carbocycles. The van der Waals surface area contributed by atoms with Crippen LogP contribution in [0.25, 0.3) is 0 Å². The van der Waals surface area contributed by atoms with E-state index in [1.807, 2.05) is 59.5 Å². The van der Waals surface area contributed by atoms with Gasteiger partial charge in [-0.3, -0.25) is 4.79 Å². The molecule has 0 unspecified atom stereocenters. The number of ether oxygens (including phenoxy) is 1. The zero-order valence-electron chi connectivity index (χ0n) is 11.9. The molecule has 1 saturated heterocycles. The molecule has 2 aromatic rings. The molecule has 3 rings (SSSR count). The Hall–Kier alpha value is -2.55. The lowest BCUT2D eigenvalue weighted by molar-refractivity contribution is -0.128. The summed E-state index contributed by atoms with van der Waals surface area (Å²) in [5.74, 6) is 0.710. The van der Waals surface area contributed by atoms with E-state index in [1.165, 1.54) is 0 Å². The fourth-order valence-corrected chi connectivity index (χ4v) is 2.78. The first-order valence-electron chi connectivity index (χ1n) is 6.91.